The predicted molar refractivity (Wildman–Crippen MR) is 146 cm³/mol. The Hall–Kier alpha value is -2.66. The molecular formula is C28H21Br2N2NaO5. The fraction of sp³-hybridized carbons (Fsp3) is 0.0714. The van der Waals surface area contributed by atoms with E-state index in [1.165, 1.54) is 12.1 Å². The molecule has 0 amide bonds. The van der Waals surface area contributed by atoms with Crippen molar-refractivity contribution in [3.63, 3.8) is 0 Å². The summed E-state index contributed by atoms with van der Waals surface area (Å²) in [5.41, 5.74) is 2.78. The first-order valence-electron chi connectivity index (χ1n) is 10.9. The number of carbonyl (C=O) groups excluding carboxylic acids is 2. The number of aromatic hydroxyl groups is 1. The summed E-state index contributed by atoms with van der Waals surface area (Å²) >= 11 is 6.63. The number of nitrogens with zero attached hydrogens (tertiary/aromatic N) is 2. The molecule has 1 atom stereocenters. The minimum Gasteiger partial charge on any atom is -0.870 e. The molecule has 10 heteroatoms. The van der Waals surface area contributed by atoms with Gasteiger partial charge in [0.05, 0.1) is 17.5 Å². The van der Waals surface area contributed by atoms with Crippen molar-refractivity contribution in [3.8, 4) is 11.5 Å². The molecule has 0 bridgehead atoms. The third-order valence-electron chi connectivity index (χ3n) is 5.32. The first-order chi connectivity index (χ1) is 17.4. The number of carbonyl (C=O) groups is 2. The van der Waals surface area contributed by atoms with E-state index in [1.807, 2.05) is 24.3 Å². The van der Waals surface area contributed by atoms with E-state index in [-0.39, 0.29) is 64.0 Å². The Balaban J connectivity index is 0.000000253. The van der Waals surface area contributed by atoms with Gasteiger partial charge in [-0.25, -0.2) is 0 Å². The summed E-state index contributed by atoms with van der Waals surface area (Å²) in [5, 5.41) is 9.62. The van der Waals surface area contributed by atoms with E-state index in [4.69, 9.17) is 4.74 Å². The van der Waals surface area contributed by atoms with Gasteiger partial charge in [-0.2, -0.15) is 0 Å². The molecule has 0 saturated heterocycles. The van der Waals surface area contributed by atoms with Gasteiger partial charge in [-0.3, -0.25) is 19.6 Å². The van der Waals surface area contributed by atoms with Crippen LogP contribution in [0.1, 0.15) is 44.4 Å². The maximum atomic E-state index is 12.1. The molecule has 2 N–H and O–H groups in total. The number of rotatable bonds is 4. The molecule has 4 aromatic rings. The average molecular weight is 648 g/mol. The van der Waals surface area contributed by atoms with Crippen LogP contribution in [-0.4, -0.2) is 32.1 Å². The molecule has 5 rings (SSSR count). The summed E-state index contributed by atoms with van der Waals surface area (Å²) in [7, 11) is 0. The van der Waals surface area contributed by atoms with Gasteiger partial charge in [0.15, 0.2) is 11.6 Å². The van der Waals surface area contributed by atoms with Crippen LogP contribution >= 0.6 is 31.9 Å². The Kier molecular flexibility index (Phi) is 12.5. The van der Waals surface area contributed by atoms with Crippen LogP contribution in [-0.2, 0) is 0 Å². The van der Waals surface area contributed by atoms with Gasteiger partial charge in [0.2, 0.25) is 0 Å². The van der Waals surface area contributed by atoms with E-state index >= 15 is 0 Å². The summed E-state index contributed by atoms with van der Waals surface area (Å²) < 4.78 is 7.51. The maximum absolute atomic E-state index is 12.1. The van der Waals surface area contributed by atoms with Crippen molar-refractivity contribution in [1.82, 2.24) is 9.97 Å². The Morgan fingerprint density at radius 2 is 1.53 bits per heavy atom. The number of fused-ring (bicyclic) bond motifs is 1. The van der Waals surface area contributed by atoms with E-state index in [0.29, 0.717) is 17.7 Å². The molecule has 188 valence electrons. The van der Waals surface area contributed by atoms with Gasteiger partial charge in [-0.15, -0.1) is 0 Å². The van der Waals surface area contributed by atoms with Crippen molar-refractivity contribution < 1.29 is 54.5 Å². The number of benzene rings is 2. The number of phenols is 1. The standard InChI is InChI=1S/2C14H10BrNO2.Na.H2O/c15-10-1-2-13-11(7-10)12(17)8-14(18-13)9-3-5-16-6-4-9;15-11-2-4-14(18)12(9-11)13(17)3-1-10-5-7-16-8-6-10;;/h1-7,14H,8H2;1-9,18H;;1H2/q;;+1;/p-1/b;3-1+;;. The van der Waals surface area contributed by atoms with E-state index < -0.39 is 0 Å². The molecule has 0 spiro atoms. The number of halogens is 2. The quantitative estimate of drug-likeness (QED) is 0.203. The minimum absolute atomic E-state index is 0. The molecule has 38 heavy (non-hydrogen) atoms. The second-order valence-electron chi connectivity index (χ2n) is 7.79. The predicted octanol–water partition coefficient (Wildman–Crippen LogP) is 3.82. The number of ether oxygens (including phenoxy) is 1. The van der Waals surface area contributed by atoms with Gasteiger partial charge in [0.25, 0.3) is 0 Å². The van der Waals surface area contributed by atoms with Crippen LogP contribution in [0.3, 0.4) is 0 Å². The molecule has 0 radical (unpaired) electrons. The van der Waals surface area contributed by atoms with Gasteiger partial charge in [0.1, 0.15) is 17.6 Å². The number of aromatic nitrogens is 2. The van der Waals surface area contributed by atoms with Crippen LogP contribution in [0.5, 0.6) is 11.5 Å². The van der Waals surface area contributed by atoms with E-state index in [0.717, 1.165) is 20.1 Å². The van der Waals surface area contributed by atoms with Gasteiger partial charge >= 0.3 is 29.6 Å². The number of hydrogen-bond donors (Lipinski definition) is 1. The first kappa shape index (κ1) is 31.6. The summed E-state index contributed by atoms with van der Waals surface area (Å²) in [6.07, 6.45) is 9.99. The maximum Gasteiger partial charge on any atom is 1.00 e. The molecule has 3 heterocycles. The summed E-state index contributed by atoms with van der Waals surface area (Å²) in [6, 6.07) is 17.6. The molecular weight excluding hydrogens is 627 g/mol. The molecule has 2 aromatic heterocycles. The second-order valence-corrected chi connectivity index (χ2v) is 9.63. The molecule has 1 unspecified atom stereocenters. The third kappa shape index (κ3) is 8.42. The smallest absolute Gasteiger partial charge is 0.870 e. The first-order valence-corrected chi connectivity index (χ1v) is 12.5. The van der Waals surface area contributed by atoms with Gasteiger partial charge in [0, 0.05) is 33.7 Å². The molecule has 1 aliphatic rings. The topological polar surface area (TPSA) is 119 Å². The van der Waals surface area contributed by atoms with Gasteiger partial charge in [-0.05, 0) is 77.9 Å². The zero-order chi connectivity index (χ0) is 25.5. The molecule has 0 fully saturated rings. The Bertz CT molecular complexity index is 1420. The minimum atomic E-state index is -0.245. The largest absolute Gasteiger partial charge is 1.00 e. The van der Waals surface area contributed by atoms with E-state index in [1.54, 1.807) is 61.2 Å². The van der Waals surface area contributed by atoms with Crippen molar-refractivity contribution in [3.05, 3.63) is 123 Å². The van der Waals surface area contributed by atoms with Crippen molar-refractivity contribution >= 4 is 49.5 Å². The molecule has 7 nitrogen and oxygen atoms in total. The van der Waals surface area contributed by atoms with Crippen molar-refractivity contribution in [1.29, 1.82) is 0 Å². The molecule has 2 aromatic carbocycles. The Labute approximate surface area is 258 Å². The van der Waals surface area contributed by atoms with Crippen LogP contribution in [0, 0.1) is 0 Å². The van der Waals surface area contributed by atoms with Crippen LogP contribution in [0.2, 0.25) is 0 Å². The van der Waals surface area contributed by atoms with Crippen LogP contribution < -0.4 is 34.3 Å². The number of allylic oxidation sites excluding steroid dienone is 1. The van der Waals surface area contributed by atoms with E-state index in [2.05, 4.69) is 41.8 Å². The van der Waals surface area contributed by atoms with E-state index in [9.17, 15) is 14.7 Å². The summed E-state index contributed by atoms with van der Waals surface area (Å²) in [4.78, 5) is 31.9. The van der Waals surface area contributed by atoms with Crippen molar-refractivity contribution in [2.75, 3.05) is 0 Å². The SMILES string of the molecule is O=C(/C=C/c1ccncc1)c1cc(Br)ccc1O.O=C1CC(c2ccncc2)Oc2ccc(Br)cc21.[Na+].[OH-]. The number of ketones is 2. The van der Waals surface area contributed by atoms with Gasteiger partial charge < -0.3 is 15.3 Å². The number of hydrogen-bond acceptors (Lipinski definition) is 7. The second kappa shape index (κ2) is 15.1. The Morgan fingerprint density at radius 3 is 2.21 bits per heavy atom. The number of pyridine rings is 2. The average Bonchev–Trinajstić information content (AvgIpc) is 2.90. The van der Waals surface area contributed by atoms with Gasteiger partial charge in [-0.1, -0.05) is 37.9 Å². The van der Waals surface area contributed by atoms with Crippen LogP contribution in [0.25, 0.3) is 6.08 Å². The van der Waals surface area contributed by atoms with Crippen molar-refractivity contribution in [2.45, 2.75) is 12.5 Å². The normalized spacial score (nSPS) is 13.6. The zero-order valence-corrected chi connectivity index (χ0v) is 25.5. The Morgan fingerprint density at radius 1 is 0.921 bits per heavy atom. The molecule has 0 saturated carbocycles. The third-order valence-corrected chi connectivity index (χ3v) is 6.30. The zero-order valence-electron chi connectivity index (χ0n) is 20.3. The summed E-state index contributed by atoms with van der Waals surface area (Å²) in [5.74, 6) is 0.490. The molecule has 0 aliphatic carbocycles. The van der Waals surface area contributed by atoms with Crippen LogP contribution in [0.15, 0.2) is 100 Å². The van der Waals surface area contributed by atoms with Crippen molar-refractivity contribution in [2.24, 2.45) is 0 Å². The fourth-order valence-corrected chi connectivity index (χ4v) is 4.22. The fourth-order valence-electron chi connectivity index (χ4n) is 3.50. The number of phenolic OH excluding ortho intramolecular Hbond substituents is 1. The molecule has 1 aliphatic heterocycles. The summed E-state index contributed by atoms with van der Waals surface area (Å²) in [6.45, 7) is 0. The monoisotopic (exact) mass is 646 g/mol. The van der Waals surface area contributed by atoms with Crippen LogP contribution in [0.4, 0.5) is 0 Å². The number of Topliss-reactive ketones (excluding diaryl/α,β-unsaturated/α-hetero) is 1.